The smallest absolute Gasteiger partial charge is 0.352 e. The molecule has 22 heavy (non-hydrogen) atoms. The molecule has 5 nitrogen and oxygen atoms in total. The molecular weight excluding hydrogens is 284 g/mol. The third-order valence-corrected chi connectivity index (χ3v) is 3.59. The van der Waals surface area contributed by atoms with Crippen molar-refractivity contribution < 1.29 is 23.8 Å². The van der Waals surface area contributed by atoms with Gasteiger partial charge < -0.3 is 14.2 Å². The summed E-state index contributed by atoms with van der Waals surface area (Å²) in [6.07, 6.45) is 0.514. The molecule has 1 unspecified atom stereocenters. The standard InChI is InChI=1S/C17H14O5/c1-20-16(18)13-9-12-11-6-4-3-5-10(11)7-8-14(12)22-15(13)17(19)21-2/h3-9,15H,1-2H3. The van der Waals surface area contributed by atoms with E-state index in [9.17, 15) is 9.59 Å². The predicted molar refractivity (Wildman–Crippen MR) is 80.4 cm³/mol. The zero-order valence-corrected chi connectivity index (χ0v) is 12.2. The van der Waals surface area contributed by atoms with Gasteiger partial charge in [-0.25, -0.2) is 9.59 Å². The van der Waals surface area contributed by atoms with E-state index >= 15 is 0 Å². The molecule has 0 spiro atoms. The topological polar surface area (TPSA) is 61.8 Å². The van der Waals surface area contributed by atoms with Crippen LogP contribution >= 0.6 is 0 Å². The van der Waals surface area contributed by atoms with Crippen molar-refractivity contribution in [3.05, 3.63) is 47.5 Å². The summed E-state index contributed by atoms with van der Waals surface area (Å²) in [5, 5.41) is 1.95. The molecule has 0 aromatic heterocycles. The molecule has 0 bridgehead atoms. The van der Waals surface area contributed by atoms with Gasteiger partial charge in [-0.05, 0) is 22.9 Å². The lowest BCUT2D eigenvalue weighted by Gasteiger charge is -2.24. The molecule has 1 aliphatic rings. The normalized spacial score (nSPS) is 16.3. The number of esters is 2. The van der Waals surface area contributed by atoms with Crippen LogP contribution in [0.5, 0.6) is 5.75 Å². The fourth-order valence-corrected chi connectivity index (χ4v) is 2.51. The summed E-state index contributed by atoms with van der Waals surface area (Å²) in [7, 11) is 2.51. The van der Waals surface area contributed by atoms with Crippen molar-refractivity contribution in [1.82, 2.24) is 0 Å². The van der Waals surface area contributed by atoms with E-state index in [1.807, 2.05) is 30.3 Å². The summed E-state index contributed by atoms with van der Waals surface area (Å²) in [5.41, 5.74) is 0.872. The molecular formula is C17H14O5. The van der Waals surface area contributed by atoms with Gasteiger partial charge in [0, 0.05) is 5.56 Å². The van der Waals surface area contributed by atoms with Gasteiger partial charge in [0.2, 0.25) is 6.10 Å². The highest BCUT2D eigenvalue weighted by Gasteiger charge is 2.35. The number of ether oxygens (including phenoxy) is 3. The molecule has 2 aromatic carbocycles. The van der Waals surface area contributed by atoms with Gasteiger partial charge in [0.15, 0.2) is 0 Å². The summed E-state index contributed by atoms with van der Waals surface area (Å²) >= 11 is 0. The van der Waals surface area contributed by atoms with E-state index in [-0.39, 0.29) is 5.57 Å². The van der Waals surface area contributed by atoms with Gasteiger partial charge in [-0.15, -0.1) is 0 Å². The van der Waals surface area contributed by atoms with Crippen LogP contribution < -0.4 is 4.74 Å². The Kier molecular flexibility index (Phi) is 3.55. The quantitative estimate of drug-likeness (QED) is 0.796. The van der Waals surface area contributed by atoms with Crippen molar-refractivity contribution in [2.24, 2.45) is 0 Å². The molecule has 0 aliphatic carbocycles. The molecule has 2 aromatic rings. The summed E-state index contributed by atoms with van der Waals surface area (Å²) in [5.74, 6) is -0.730. The van der Waals surface area contributed by atoms with Crippen molar-refractivity contribution >= 4 is 28.8 Å². The molecule has 0 saturated heterocycles. The van der Waals surface area contributed by atoms with Crippen LogP contribution in [-0.4, -0.2) is 32.3 Å². The molecule has 1 heterocycles. The lowest BCUT2D eigenvalue weighted by atomic mass is 9.96. The number of carbonyl (C=O) groups excluding carboxylic acids is 2. The number of benzene rings is 2. The van der Waals surface area contributed by atoms with Crippen LogP contribution in [0.4, 0.5) is 0 Å². The van der Waals surface area contributed by atoms with Crippen LogP contribution in [0.3, 0.4) is 0 Å². The second-order valence-corrected chi connectivity index (χ2v) is 4.81. The average molecular weight is 298 g/mol. The number of fused-ring (bicyclic) bond motifs is 3. The van der Waals surface area contributed by atoms with E-state index in [0.29, 0.717) is 5.75 Å². The molecule has 1 aliphatic heterocycles. The molecule has 0 radical (unpaired) electrons. The monoisotopic (exact) mass is 298 g/mol. The van der Waals surface area contributed by atoms with Crippen LogP contribution in [-0.2, 0) is 19.1 Å². The summed E-state index contributed by atoms with van der Waals surface area (Å²) < 4.78 is 15.1. The SMILES string of the molecule is COC(=O)C1=Cc2c(ccc3ccccc23)OC1C(=O)OC. The van der Waals surface area contributed by atoms with Gasteiger partial charge in [-0.3, -0.25) is 0 Å². The molecule has 0 saturated carbocycles. The van der Waals surface area contributed by atoms with E-state index < -0.39 is 18.0 Å². The minimum atomic E-state index is -1.12. The minimum Gasteiger partial charge on any atom is -0.473 e. The highest BCUT2D eigenvalue weighted by Crippen LogP contribution is 2.35. The Morgan fingerprint density at radius 3 is 2.55 bits per heavy atom. The van der Waals surface area contributed by atoms with E-state index in [1.165, 1.54) is 14.2 Å². The van der Waals surface area contributed by atoms with Gasteiger partial charge in [-0.1, -0.05) is 30.3 Å². The molecule has 0 fully saturated rings. The fraction of sp³-hybridized carbons (Fsp3) is 0.176. The van der Waals surface area contributed by atoms with E-state index in [1.54, 1.807) is 12.1 Å². The Hall–Kier alpha value is -2.82. The first kappa shape index (κ1) is 14.1. The third kappa shape index (κ3) is 2.20. The molecule has 112 valence electrons. The Balaban J connectivity index is 2.21. The van der Waals surface area contributed by atoms with E-state index in [0.717, 1.165) is 16.3 Å². The molecule has 5 heteroatoms. The zero-order chi connectivity index (χ0) is 15.7. The van der Waals surface area contributed by atoms with Gasteiger partial charge in [0.25, 0.3) is 0 Å². The van der Waals surface area contributed by atoms with Crippen molar-refractivity contribution in [3.8, 4) is 5.75 Å². The Morgan fingerprint density at radius 2 is 1.82 bits per heavy atom. The number of hydrogen-bond donors (Lipinski definition) is 0. The Labute approximate surface area is 127 Å². The second kappa shape index (κ2) is 5.52. The second-order valence-electron chi connectivity index (χ2n) is 4.81. The Morgan fingerprint density at radius 1 is 1.05 bits per heavy atom. The highest BCUT2D eigenvalue weighted by atomic mass is 16.6. The first-order valence-corrected chi connectivity index (χ1v) is 6.72. The van der Waals surface area contributed by atoms with Crippen molar-refractivity contribution in [3.63, 3.8) is 0 Å². The van der Waals surface area contributed by atoms with Crippen molar-refractivity contribution in [2.75, 3.05) is 14.2 Å². The Bertz CT molecular complexity index is 791. The maximum Gasteiger partial charge on any atom is 0.352 e. The zero-order valence-electron chi connectivity index (χ0n) is 12.2. The summed E-state index contributed by atoms with van der Waals surface area (Å²) in [6.45, 7) is 0. The summed E-state index contributed by atoms with van der Waals surface area (Å²) in [4.78, 5) is 23.8. The van der Waals surface area contributed by atoms with Gasteiger partial charge in [0.1, 0.15) is 5.75 Å². The van der Waals surface area contributed by atoms with E-state index in [2.05, 4.69) is 0 Å². The van der Waals surface area contributed by atoms with Crippen LogP contribution in [0, 0.1) is 0 Å². The highest BCUT2D eigenvalue weighted by molar-refractivity contribution is 6.05. The van der Waals surface area contributed by atoms with Crippen molar-refractivity contribution in [2.45, 2.75) is 6.10 Å². The van der Waals surface area contributed by atoms with Gasteiger partial charge >= 0.3 is 11.9 Å². The minimum absolute atomic E-state index is 0.123. The maximum atomic E-state index is 12.0. The first-order valence-electron chi connectivity index (χ1n) is 6.72. The maximum absolute atomic E-state index is 12.0. The van der Waals surface area contributed by atoms with E-state index in [4.69, 9.17) is 14.2 Å². The molecule has 3 rings (SSSR count). The predicted octanol–water partition coefficient (Wildman–Crippen LogP) is 2.33. The molecule has 1 atom stereocenters. The van der Waals surface area contributed by atoms with Crippen LogP contribution in [0.15, 0.2) is 42.0 Å². The third-order valence-electron chi connectivity index (χ3n) is 3.59. The van der Waals surface area contributed by atoms with Gasteiger partial charge in [0.05, 0.1) is 19.8 Å². The number of methoxy groups -OCH3 is 2. The number of rotatable bonds is 2. The van der Waals surface area contributed by atoms with Crippen LogP contribution in [0.2, 0.25) is 0 Å². The average Bonchev–Trinajstić information content (AvgIpc) is 2.59. The fourth-order valence-electron chi connectivity index (χ4n) is 2.51. The van der Waals surface area contributed by atoms with Crippen LogP contribution in [0.1, 0.15) is 5.56 Å². The lowest BCUT2D eigenvalue weighted by Crippen LogP contribution is -2.36. The number of hydrogen-bond acceptors (Lipinski definition) is 5. The lowest BCUT2D eigenvalue weighted by molar-refractivity contribution is -0.150. The van der Waals surface area contributed by atoms with Gasteiger partial charge in [-0.2, -0.15) is 0 Å². The molecule has 0 amide bonds. The molecule has 0 N–H and O–H groups in total. The number of carbonyl (C=O) groups is 2. The first-order chi connectivity index (χ1) is 10.7. The van der Waals surface area contributed by atoms with Crippen LogP contribution in [0.25, 0.3) is 16.8 Å². The summed E-state index contributed by atoms with van der Waals surface area (Å²) in [6, 6.07) is 11.4. The van der Waals surface area contributed by atoms with Crippen molar-refractivity contribution in [1.29, 1.82) is 0 Å². The largest absolute Gasteiger partial charge is 0.473 e.